The molecular formula is C12H10O6. The summed E-state index contributed by atoms with van der Waals surface area (Å²) in [5.74, 6) is -0.508. The van der Waals surface area contributed by atoms with Gasteiger partial charge in [0, 0.05) is 11.5 Å². The van der Waals surface area contributed by atoms with E-state index < -0.39 is 17.2 Å². The highest BCUT2D eigenvalue weighted by Crippen LogP contribution is 2.31. The largest absolute Gasteiger partial charge is 0.493 e. The lowest BCUT2D eigenvalue weighted by molar-refractivity contribution is 0.0692. The number of methoxy groups -OCH3 is 2. The predicted molar refractivity (Wildman–Crippen MR) is 62.5 cm³/mol. The van der Waals surface area contributed by atoms with E-state index in [0.29, 0.717) is 16.9 Å². The van der Waals surface area contributed by atoms with E-state index in [-0.39, 0.29) is 5.58 Å². The van der Waals surface area contributed by atoms with Crippen LogP contribution < -0.4 is 15.1 Å². The first-order valence-corrected chi connectivity index (χ1v) is 5.00. The van der Waals surface area contributed by atoms with Crippen LogP contribution in [0.25, 0.3) is 11.0 Å². The van der Waals surface area contributed by atoms with Gasteiger partial charge in [-0.2, -0.15) is 0 Å². The Labute approximate surface area is 101 Å². The molecule has 0 aliphatic carbocycles. The number of carboxylic acid groups (broad SMARTS) is 1. The zero-order valence-corrected chi connectivity index (χ0v) is 9.72. The van der Waals surface area contributed by atoms with E-state index in [4.69, 9.17) is 19.0 Å². The maximum absolute atomic E-state index is 11.4. The van der Waals surface area contributed by atoms with Crippen molar-refractivity contribution in [3.05, 3.63) is 34.2 Å². The van der Waals surface area contributed by atoms with Gasteiger partial charge in [0.15, 0.2) is 11.5 Å². The molecule has 0 atom stereocenters. The number of fused-ring (bicyclic) bond motifs is 1. The van der Waals surface area contributed by atoms with Crippen LogP contribution in [0.15, 0.2) is 27.4 Å². The fourth-order valence-electron chi connectivity index (χ4n) is 1.60. The van der Waals surface area contributed by atoms with Gasteiger partial charge in [-0.25, -0.2) is 9.59 Å². The summed E-state index contributed by atoms with van der Waals surface area (Å²) in [6.45, 7) is 0. The molecule has 0 saturated heterocycles. The van der Waals surface area contributed by atoms with E-state index in [1.54, 1.807) is 6.07 Å². The number of rotatable bonds is 3. The molecule has 0 aliphatic heterocycles. The Bertz CT molecular complexity index is 670. The van der Waals surface area contributed by atoms with E-state index in [9.17, 15) is 9.59 Å². The van der Waals surface area contributed by atoms with E-state index >= 15 is 0 Å². The Morgan fingerprint density at radius 3 is 2.33 bits per heavy atom. The van der Waals surface area contributed by atoms with Gasteiger partial charge in [0.2, 0.25) is 0 Å². The molecule has 0 saturated carbocycles. The van der Waals surface area contributed by atoms with E-state index in [2.05, 4.69) is 0 Å². The van der Waals surface area contributed by atoms with Gasteiger partial charge in [-0.05, 0) is 12.1 Å². The van der Waals surface area contributed by atoms with Crippen LogP contribution >= 0.6 is 0 Å². The van der Waals surface area contributed by atoms with Crippen molar-refractivity contribution >= 4 is 16.9 Å². The van der Waals surface area contributed by atoms with Crippen LogP contribution in [-0.2, 0) is 0 Å². The fourth-order valence-corrected chi connectivity index (χ4v) is 1.60. The summed E-state index contributed by atoms with van der Waals surface area (Å²) in [6, 6.07) is 4.26. The summed E-state index contributed by atoms with van der Waals surface area (Å²) in [4.78, 5) is 22.2. The maximum atomic E-state index is 11.4. The molecule has 0 amide bonds. The van der Waals surface area contributed by atoms with Gasteiger partial charge in [0.1, 0.15) is 11.1 Å². The van der Waals surface area contributed by atoms with Crippen LogP contribution in [0, 0.1) is 0 Å². The zero-order chi connectivity index (χ0) is 13.3. The molecule has 0 bridgehead atoms. The molecule has 2 rings (SSSR count). The summed E-state index contributed by atoms with van der Waals surface area (Å²) in [5.41, 5.74) is -1.08. The van der Waals surface area contributed by atoms with Gasteiger partial charge in [0.25, 0.3) is 0 Å². The van der Waals surface area contributed by atoms with Crippen LogP contribution in [0.1, 0.15) is 10.4 Å². The predicted octanol–water partition coefficient (Wildman–Crippen LogP) is 1.51. The van der Waals surface area contributed by atoms with Gasteiger partial charge in [-0.15, -0.1) is 0 Å². The van der Waals surface area contributed by atoms with Crippen LogP contribution in [0.3, 0.4) is 0 Å². The summed E-state index contributed by atoms with van der Waals surface area (Å²) < 4.78 is 15.1. The van der Waals surface area contributed by atoms with Crippen molar-refractivity contribution in [1.82, 2.24) is 0 Å². The van der Waals surface area contributed by atoms with Crippen molar-refractivity contribution in [2.75, 3.05) is 14.2 Å². The molecule has 1 N–H and O–H groups in total. The minimum absolute atomic E-state index is 0.239. The van der Waals surface area contributed by atoms with Gasteiger partial charge in [-0.1, -0.05) is 0 Å². The number of hydrogen-bond acceptors (Lipinski definition) is 5. The molecule has 0 aliphatic rings. The van der Waals surface area contributed by atoms with E-state index in [1.807, 2.05) is 0 Å². The van der Waals surface area contributed by atoms with Gasteiger partial charge in [0.05, 0.1) is 14.2 Å². The second kappa shape index (κ2) is 4.40. The smallest absolute Gasteiger partial charge is 0.351 e. The minimum atomic E-state index is -1.33. The minimum Gasteiger partial charge on any atom is -0.493 e. The first-order valence-electron chi connectivity index (χ1n) is 5.00. The highest BCUT2D eigenvalue weighted by atomic mass is 16.5. The SMILES string of the molecule is COc1cc2cc(C(=O)O)c(=O)oc2cc1OC. The number of carboxylic acids is 1. The molecule has 0 spiro atoms. The van der Waals surface area contributed by atoms with Gasteiger partial charge >= 0.3 is 11.6 Å². The van der Waals surface area contributed by atoms with Crippen molar-refractivity contribution in [2.24, 2.45) is 0 Å². The van der Waals surface area contributed by atoms with Crippen molar-refractivity contribution < 1.29 is 23.8 Å². The van der Waals surface area contributed by atoms with Crippen LogP contribution in [0.4, 0.5) is 0 Å². The summed E-state index contributed by atoms with van der Waals surface area (Å²) >= 11 is 0. The molecule has 94 valence electrons. The van der Waals surface area contributed by atoms with Crippen LogP contribution in [0.5, 0.6) is 11.5 Å². The molecule has 0 unspecified atom stereocenters. The lowest BCUT2D eigenvalue weighted by atomic mass is 10.1. The van der Waals surface area contributed by atoms with Gasteiger partial charge in [-0.3, -0.25) is 0 Å². The van der Waals surface area contributed by atoms with E-state index in [0.717, 1.165) is 0 Å². The Kier molecular flexibility index (Phi) is 2.93. The van der Waals surface area contributed by atoms with E-state index in [1.165, 1.54) is 26.4 Å². The maximum Gasteiger partial charge on any atom is 0.351 e. The quantitative estimate of drug-likeness (QED) is 0.831. The molecule has 1 aromatic heterocycles. The average Bonchev–Trinajstić information content (AvgIpc) is 2.36. The average molecular weight is 250 g/mol. The normalized spacial score (nSPS) is 10.3. The monoisotopic (exact) mass is 250 g/mol. The second-order valence-corrected chi connectivity index (χ2v) is 3.50. The summed E-state index contributed by atoms with van der Waals surface area (Å²) in [7, 11) is 2.91. The number of aromatic carboxylic acids is 1. The number of carbonyl (C=O) groups is 1. The lowest BCUT2D eigenvalue weighted by Gasteiger charge is -2.08. The molecular weight excluding hydrogens is 240 g/mol. The van der Waals surface area contributed by atoms with Crippen LogP contribution in [-0.4, -0.2) is 25.3 Å². The fraction of sp³-hybridized carbons (Fsp3) is 0.167. The zero-order valence-electron chi connectivity index (χ0n) is 9.72. The third kappa shape index (κ3) is 1.88. The second-order valence-electron chi connectivity index (χ2n) is 3.50. The molecule has 6 nitrogen and oxygen atoms in total. The molecule has 0 fully saturated rings. The Balaban J connectivity index is 2.78. The van der Waals surface area contributed by atoms with Crippen molar-refractivity contribution in [2.45, 2.75) is 0 Å². The standard InChI is InChI=1S/C12H10O6/c1-16-9-4-6-3-7(11(13)14)12(15)18-8(6)5-10(9)17-2/h3-5H,1-2H3,(H,13,14). The summed E-state index contributed by atoms with van der Waals surface area (Å²) in [6.07, 6.45) is 0. The van der Waals surface area contributed by atoms with Crippen LogP contribution in [0.2, 0.25) is 0 Å². The number of hydrogen-bond donors (Lipinski definition) is 1. The first-order chi connectivity index (χ1) is 8.56. The number of ether oxygens (including phenoxy) is 2. The van der Waals surface area contributed by atoms with Crippen molar-refractivity contribution in [3.8, 4) is 11.5 Å². The molecule has 2 aromatic rings. The number of benzene rings is 1. The third-order valence-corrected chi connectivity index (χ3v) is 2.47. The molecule has 18 heavy (non-hydrogen) atoms. The van der Waals surface area contributed by atoms with Gasteiger partial charge < -0.3 is 19.0 Å². The first kappa shape index (κ1) is 12.0. The third-order valence-electron chi connectivity index (χ3n) is 2.47. The Morgan fingerprint density at radius 1 is 1.17 bits per heavy atom. The Morgan fingerprint density at radius 2 is 1.78 bits per heavy atom. The topological polar surface area (TPSA) is 86.0 Å². The Hall–Kier alpha value is -2.50. The highest BCUT2D eigenvalue weighted by Gasteiger charge is 2.14. The molecule has 6 heteroatoms. The van der Waals surface area contributed by atoms with Crippen molar-refractivity contribution in [3.63, 3.8) is 0 Å². The summed E-state index contributed by atoms with van der Waals surface area (Å²) in [5, 5.41) is 9.29. The highest BCUT2D eigenvalue weighted by molar-refractivity contribution is 5.92. The lowest BCUT2D eigenvalue weighted by Crippen LogP contribution is -2.12. The molecule has 0 radical (unpaired) electrons. The molecule has 1 heterocycles. The van der Waals surface area contributed by atoms with Crippen molar-refractivity contribution in [1.29, 1.82) is 0 Å². The molecule has 1 aromatic carbocycles.